The van der Waals surface area contributed by atoms with E-state index in [9.17, 15) is 0 Å². The molecule has 0 amide bonds. The highest BCUT2D eigenvalue weighted by atomic mass is 15.2. The minimum Gasteiger partial charge on any atom is -0.311 e. The van der Waals surface area contributed by atoms with Gasteiger partial charge >= 0.3 is 0 Å². The maximum absolute atomic E-state index is 5.31. The van der Waals surface area contributed by atoms with Crippen LogP contribution in [-0.2, 0) is 21.7 Å². The monoisotopic (exact) mass is 872 g/mol. The lowest BCUT2D eigenvalue weighted by Gasteiger charge is -2.45. The molecule has 5 heteroatoms. The molecule has 332 valence electrons. The average molecular weight is 873 g/mol. The standard InChI is InChI=1S/C62H61BN4/c1-59(2,3)44-31-45(60(4,5)6)34-48(33-44)66-53-27-40-21-15-13-19-38(40)25-50(53)63-51-26-39-20-14-16-22-41(39)28-54(51)67(49-35-46(61(7,8)9)32-47(36-49)62(10,11)12)56-30-43(29-55(66)57(56)63)58-64-37-42-23-17-18-24-52(42)65-58/h13-37H,1-12H3. The molecule has 3 heterocycles. The van der Waals surface area contributed by atoms with Crippen molar-refractivity contribution < 1.29 is 0 Å². The van der Waals surface area contributed by atoms with Crippen molar-refractivity contribution in [2.75, 3.05) is 9.80 Å². The molecule has 0 fully saturated rings. The molecule has 4 nitrogen and oxygen atoms in total. The van der Waals surface area contributed by atoms with Gasteiger partial charge in [0.15, 0.2) is 5.82 Å². The third-order valence-corrected chi connectivity index (χ3v) is 14.4. The van der Waals surface area contributed by atoms with E-state index in [0.717, 1.165) is 39.2 Å². The SMILES string of the molecule is CC(C)(C)c1cc(N2c3cc4ccccc4cc3B3c4cc5ccccc5cc4N(c4cc(C(C)(C)C)cc(C(C)(C)C)c4)c4cc(-c5ncc6ccccc6n5)cc2c43)cc(C(C)(C)C)c1. The first-order valence-corrected chi connectivity index (χ1v) is 24.1. The molecule has 0 aliphatic carbocycles. The molecule has 8 aromatic carbocycles. The predicted octanol–water partition coefficient (Wildman–Crippen LogP) is 14.9. The number of fused-ring (bicyclic) bond motifs is 7. The molecule has 0 spiro atoms. The van der Waals surface area contributed by atoms with Crippen molar-refractivity contribution in [1.82, 2.24) is 9.97 Å². The maximum Gasteiger partial charge on any atom is 0.252 e. The Bertz CT molecular complexity index is 3230. The Balaban J connectivity index is 1.33. The van der Waals surface area contributed by atoms with Gasteiger partial charge in [0.25, 0.3) is 6.71 Å². The van der Waals surface area contributed by atoms with Crippen LogP contribution in [0.1, 0.15) is 105 Å². The highest BCUT2D eigenvalue weighted by Gasteiger charge is 2.45. The zero-order chi connectivity index (χ0) is 46.9. The summed E-state index contributed by atoms with van der Waals surface area (Å²) in [5.74, 6) is 0.709. The van der Waals surface area contributed by atoms with Crippen molar-refractivity contribution in [3.05, 3.63) is 174 Å². The van der Waals surface area contributed by atoms with Crippen LogP contribution in [-0.4, -0.2) is 16.7 Å². The van der Waals surface area contributed by atoms with Gasteiger partial charge in [-0.3, -0.25) is 0 Å². The van der Waals surface area contributed by atoms with Gasteiger partial charge in [-0.2, -0.15) is 0 Å². The van der Waals surface area contributed by atoms with Gasteiger partial charge in [-0.05, 0) is 136 Å². The van der Waals surface area contributed by atoms with Gasteiger partial charge in [0.2, 0.25) is 0 Å². The van der Waals surface area contributed by atoms with Crippen LogP contribution in [0.15, 0.2) is 152 Å². The van der Waals surface area contributed by atoms with Gasteiger partial charge in [0, 0.05) is 51.3 Å². The summed E-state index contributed by atoms with van der Waals surface area (Å²) in [6.07, 6.45) is 1.98. The third-order valence-electron chi connectivity index (χ3n) is 14.4. The summed E-state index contributed by atoms with van der Waals surface area (Å²) in [6.45, 7) is 28.0. The fourth-order valence-corrected chi connectivity index (χ4v) is 10.4. The molecule has 0 saturated carbocycles. The molecule has 2 aliphatic heterocycles. The van der Waals surface area contributed by atoms with Crippen molar-refractivity contribution >= 4 is 89.7 Å². The van der Waals surface area contributed by atoms with Crippen molar-refractivity contribution in [3.8, 4) is 11.4 Å². The van der Waals surface area contributed by atoms with Crippen LogP contribution in [0, 0.1) is 0 Å². The number of nitrogens with zero attached hydrogens (tertiary/aromatic N) is 4. The van der Waals surface area contributed by atoms with E-state index >= 15 is 0 Å². The van der Waals surface area contributed by atoms with Crippen LogP contribution in [0.3, 0.4) is 0 Å². The van der Waals surface area contributed by atoms with Gasteiger partial charge in [-0.1, -0.05) is 174 Å². The van der Waals surface area contributed by atoms with Crippen LogP contribution in [0.4, 0.5) is 34.1 Å². The zero-order valence-electron chi connectivity index (χ0n) is 41.3. The van der Waals surface area contributed by atoms with Crippen LogP contribution in [0.2, 0.25) is 0 Å². The smallest absolute Gasteiger partial charge is 0.252 e. The van der Waals surface area contributed by atoms with E-state index in [1.807, 2.05) is 6.20 Å². The number of hydrogen-bond acceptors (Lipinski definition) is 4. The molecule has 9 aromatic rings. The fourth-order valence-electron chi connectivity index (χ4n) is 10.4. The van der Waals surface area contributed by atoms with Gasteiger partial charge in [-0.15, -0.1) is 0 Å². The number of aromatic nitrogens is 2. The van der Waals surface area contributed by atoms with E-state index < -0.39 is 0 Å². The third kappa shape index (κ3) is 7.30. The Labute approximate surface area is 397 Å². The van der Waals surface area contributed by atoms with Gasteiger partial charge < -0.3 is 9.80 Å². The summed E-state index contributed by atoms with van der Waals surface area (Å²) in [7, 11) is 0. The lowest BCUT2D eigenvalue weighted by Crippen LogP contribution is -2.61. The summed E-state index contributed by atoms with van der Waals surface area (Å²) < 4.78 is 0. The van der Waals surface area contributed by atoms with Gasteiger partial charge in [0.1, 0.15) is 0 Å². The Morgan fingerprint density at radius 1 is 0.388 bits per heavy atom. The van der Waals surface area contributed by atoms with E-state index in [1.54, 1.807) is 0 Å². The normalized spacial score (nSPS) is 13.9. The average Bonchev–Trinajstić information content (AvgIpc) is 3.28. The molecule has 0 atom stereocenters. The zero-order valence-corrected chi connectivity index (χ0v) is 41.3. The number of benzene rings is 8. The summed E-state index contributed by atoms with van der Waals surface area (Å²) in [4.78, 5) is 15.6. The van der Waals surface area contributed by atoms with Crippen molar-refractivity contribution in [2.45, 2.75) is 105 Å². The summed E-state index contributed by atoms with van der Waals surface area (Å²) in [6, 6.07) is 55.4. The Morgan fingerprint density at radius 3 is 1.16 bits per heavy atom. The molecule has 0 bridgehead atoms. The molecular formula is C62H61BN4. The number of para-hydroxylation sites is 1. The first-order valence-electron chi connectivity index (χ1n) is 24.1. The highest BCUT2D eigenvalue weighted by molar-refractivity contribution is 7.00. The minimum atomic E-state index is -0.0830. The van der Waals surface area contributed by atoms with Crippen LogP contribution < -0.4 is 26.2 Å². The second-order valence-electron chi connectivity index (χ2n) is 23.3. The molecule has 0 N–H and O–H groups in total. The number of anilines is 6. The lowest BCUT2D eigenvalue weighted by molar-refractivity contribution is 0.568. The first kappa shape index (κ1) is 42.9. The van der Waals surface area contributed by atoms with Crippen molar-refractivity contribution in [3.63, 3.8) is 0 Å². The molecule has 1 aromatic heterocycles. The Kier molecular flexibility index (Phi) is 9.53. The largest absolute Gasteiger partial charge is 0.311 e. The van der Waals surface area contributed by atoms with E-state index in [1.165, 1.54) is 71.6 Å². The molecule has 2 aliphatic rings. The van der Waals surface area contributed by atoms with E-state index in [0.29, 0.717) is 5.82 Å². The quantitative estimate of drug-likeness (QED) is 0.166. The maximum atomic E-state index is 5.31. The molecule has 11 rings (SSSR count). The summed E-state index contributed by atoms with van der Waals surface area (Å²) in [5, 5.41) is 5.94. The van der Waals surface area contributed by atoms with Crippen molar-refractivity contribution in [2.24, 2.45) is 0 Å². The highest BCUT2D eigenvalue weighted by Crippen LogP contribution is 2.49. The number of hydrogen-bond donors (Lipinski definition) is 0. The molecule has 0 unspecified atom stereocenters. The first-order chi connectivity index (χ1) is 31.7. The molecule has 0 saturated heterocycles. The minimum absolute atomic E-state index is 0.0657. The second kappa shape index (κ2) is 14.9. The topological polar surface area (TPSA) is 32.3 Å². The van der Waals surface area contributed by atoms with E-state index in [4.69, 9.17) is 9.97 Å². The summed E-state index contributed by atoms with van der Waals surface area (Å²) >= 11 is 0. The Hall–Kier alpha value is -6.72. The van der Waals surface area contributed by atoms with Gasteiger partial charge in [-0.25, -0.2) is 9.97 Å². The predicted molar refractivity (Wildman–Crippen MR) is 289 cm³/mol. The van der Waals surface area contributed by atoms with E-state index in [2.05, 4.69) is 238 Å². The Morgan fingerprint density at radius 2 is 0.761 bits per heavy atom. The number of rotatable bonds is 3. The molecule has 0 radical (unpaired) electrons. The van der Waals surface area contributed by atoms with Crippen LogP contribution in [0.25, 0.3) is 43.8 Å². The van der Waals surface area contributed by atoms with E-state index in [-0.39, 0.29) is 28.4 Å². The van der Waals surface area contributed by atoms with Gasteiger partial charge in [0.05, 0.1) is 5.52 Å². The van der Waals surface area contributed by atoms with Crippen LogP contribution >= 0.6 is 0 Å². The second-order valence-corrected chi connectivity index (χ2v) is 23.3. The summed E-state index contributed by atoms with van der Waals surface area (Å²) in [5.41, 5.74) is 17.7. The van der Waals surface area contributed by atoms with Crippen LogP contribution in [0.5, 0.6) is 0 Å². The van der Waals surface area contributed by atoms with Crippen molar-refractivity contribution in [1.29, 1.82) is 0 Å². The molecule has 67 heavy (non-hydrogen) atoms. The fraction of sp³-hybridized carbons (Fsp3) is 0.258. The molecular weight excluding hydrogens is 812 g/mol. The lowest BCUT2D eigenvalue weighted by atomic mass is 9.33.